The fourth-order valence-electron chi connectivity index (χ4n) is 2.98. The average Bonchev–Trinajstić information content (AvgIpc) is 3.12. The maximum Gasteiger partial charge on any atom is 0.338 e. The number of phenols is 1. The number of carbonyl (C=O) groups is 2. The molecule has 1 aromatic carbocycles. The first-order valence-corrected chi connectivity index (χ1v) is 8.85. The summed E-state index contributed by atoms with van der Waals surface area (Å²) in [5, 5.41) is 39.8. The third kappa shape index (κ3) is 4.77. The van der Waals surface area contributed by atoms with Gasteiger partial charge in [0.1, 0.15) is 43.7 Å². The second kappa shape index (κ2) is 8.93. The number of aromatic hydroxyl groups is 1. The summed E-state index contributed by atoms with van der Waals surface area (Å²) in [6.07, 6.45) is -8.00. The fraction of sp³-hybridized carbons (Fsp3) is 0.556. The van der Waals surface area contributed by atoms with Crippen LogP contribution in [0.2, 0.25) is 0 Å². The Morgan fingerprint density at radius 1 is 1.21 bits per heavy atom. The average molecular weight is 414 g/mol. The summed E-state index contributed by atoms with van der Waals surface area (Å²) in [7, 11) is 1.33. The number of rotatable bonds is 6. The maximum absolute atomic E-state index is 12.2. The van der Waals surface area contributed by atoms with E-state index in [1.807, 2.05) is 0 Å². The van der Waals surface area contributed by atoms with E-state index in [1.165, 1.54) is 25.3 Å². The van der Waals surface area contributed by atoms with E-state index in [0.29, 0.717) is 0 Å². The van der Waals surface area contributed by atoms with Crippen LogP contribution < -0.4 is 4.74 Å². The Labute approximate surface area is 165 Å². The van der Waals surface area contributed by atoms with Crippen LogP contribution in [0.1, 0.15) is 16.8 Å². The highest BCUT2D eigenvalue weighted by atomic mass is 16.7. The molecule has 4 N–H and O–H groups in total. The fourth-order valence-corrected chi connectivity index (χ4v) is 2.98. The SMILES string of the molecule is COc1cc(C(=O)OCC2OC(OC3COC(=O)C3)C(O)C(O)C2O)ccc1O. The highest BCUT2D eigenvalue weighted by Crippen LogP contribution is 2.28. The van der Waals surface area contributed by atoms with Crippen molar-refractivity contribution in [1.82, 2.24) is 0 Å². The van der Waals surface area contributed by atoms with Gasteiger partial charge in [0.15, 0.2) is 17.8 Å². The number of aliphatic hydroxyl groups excluding tert-OH is 3. The molecule has 2 aliphatic rings. The first-order valence-electron chi connectivity index (χ1n) is 8.85. The van der Waals surface area contributed by atoms with Crippen molar-refractivity contribution in [2.24, 2.45) is 0 Å². The van der Waals surface area contributed by atoms with Gasteiger partial charge in [0.05, 0.1) is 19.1 Å². The number of phenolic OH excluding ortho intramolecular Hbond substituents is 1. The van der Waals surface area contributed by atoms with Gasteiger partial charge in [-0.15, -0.1) is 0 Å². The molecular formula is C18H22O11. The van der Waals surface area contributed by atoms with E-state index >= 15 is 0 Å². The maximum atomic E-state index is 12.2. The first-order chi connectivity index (χ1) is 13.8. The molecule has 0 amide bonds. The molecule has 6 unspecified atom stereocenters. The van der Waals surface area contributed by atoms with Gasteiger partial charge in [-0.05, 0) is 18.2 Å². The molecule has 0 spiro atoms. The van der Waals surface area contributed by atoms with Crippen LogP contribution in [0.5, 0.6) is 11.5 Å². The number of hydrogen-bond acceptors (Lipinski definition) is 11. The van der Waals surface area contributed by atoms with Crippen molar-refractivity contribution in [2.75, 3.05) is 20.3 Å². The first kappa shape index (κ1) is 21.3. The van der Waals surface area contributed by atoms with Gasteiger partial charge in [0.2, 0.25) is 0 Å². The summed E-state index contributed by atoms with van der Waals surface area (Å²) in [6.45, 7) is -0.473. The lowest BCUT2D eigenvalue weighted by Crippen LogP contribution is -2.60. The summed E-state index contributed by atoms with van der Waals surface area (Å²) in [4.78, 5) is 23.4. The molecule has 0 saturated carbocycles. The number of benzene rings is 1. The van der Waals surface area contributed by atoms with Gasteiger partial charge < -0.3 is 44.1 Å². The molecule has 160 valence electrons. The molecule has 0 radical (unpaired) electrons. The van der Waals surface area contributed by atoms with Crippen LogP contribution >= 0.6 is 0 Å². The van der Waals surface area contributed by atoms with Crippen molar-refractivity contribution in [1.29, 1.82) is 0 Å². The predicted molar refractivity (Wildman–Crippen MR) is 92.1 cm³/mol. The Hall–Kier alpha value is -2.44. The van der Waals surface area contributed by atoms with Gasteiger partial charge in [-0.3, -0.25) is 4.79 Å². The summed E-state index contributed by atoms with van der Waals surface area (Å²) >= 11 is 0. The van der Waals surface area contributed by atoms with Crippen LogP contribution in [-0.2, 0) is 23.7 Å². The normalized spacial score (nSPS) is 31.9. The Morgan fingerprint density at radius 3 is 2.62 bits per heavy atom. The van der Waals surface area contributed by atoms with E-state index in [0.717, 1.165) is 0 Å². The van der Waals surface area contributed by atoms with Crippen LogP contribution in [0.4, 0.5) is 0 Å². The molecule has 2 aliphatic heterocycles. The van der Waals surface area contributed by atoms with Crippen LogP contribution in [0, 0.1) is 0 Å². The molecular weight excluding hydrogens is 392 g/mol. The third-order valence-electron chi connectivity index (χ3n) is 4.61. The number of aliphatic hydroxyl groups is 3. The zero-order valence-electron chi connectivity index (χ0n) is 15.5. The van der Waals surface area contributed by atoms with Crippen molar-refractivity contribution in [3.8, 4) is 11.5 Å². The van der Waals surface area contributed by atoms with Crippen molar-refractivity contribution >= 4 is 11.9 Å². The molecule has 0 aromatic heterocycles. The van der Waals surface area contributed by atoms with E-state index in [1.54, 1.807) is 0 Å². The Bertz CT molecular complexity index is 751. The number of methoxy groups -OCH3 is 1. The summed E-state index contributed by atoms with van der Waals surface area (Å²) < 4.78 is 25.7. The lowest BCUT2D eigenvalue weighted by Gasteiger charge is -2.40. The molecule has 6 atom stereocenters. The van der Waals surface area contributed by atoms with E-state index < -0.39 is 55.4 Å². The smallest absolute Gasteiger partial charge is 0.338 e. The van der Waals surface area contributed by atoms with Crippen LogP contribution in [0.15, 0.2) is 18.2 Å². The highest BCUT2D eigenvalue weighted by Gasteiger charge is 2.46. The number of ether oxygens (including phenoxy) is 5. The molecule has 1 aromatic rings. The third-order valence-corrected chi connectivity index (χ3v) is 4.61. The Morgan fingerprint density at radius 2 is 1.97 bits per heavy atom. The topological polar surface area (TPSA) is 161 Å². The van der Waals surface area contributed by atoms with Crippen LogP contribution in [-0.4, -0.2) is 89.5 Å². The van der Waals surface area contributed by atoms with Crippen molar-refractivity contribution < 1.29 is 53.7 Å². The van der Waals surface area contributed by atoms with E-state index in [2.05, 4.69) is 0 Å². The number of hydrogen-bond donors (Lipinski definition) is 4. The molecule has 3 rings (SSSR count). The van der Waals surface area contributed by atoms with E-state index in [4.69, 9.17) is 23.7 Å². The quantitative estimate of drug-likeness (QED) is 0.409. The van der Waals surface area contributed by atoms with Crippen molar-refractivity contribution in [3.05, 3.63) is 23.8 Å². The monoisotopic (exact) mass is 414 g/mol. The van der Waals surface area contributed by atoms with Gasteiger partial charge in [-0.1, -0.05) is 0 Å². The zero-order valence-corrected chi connectivity index (χ0v) is 15.5. The summed E-state index contributed by atoms with van der Waals surface area (Å²) in [5.41, 5.74) is 0.0833. The Balaban J connectivity index is 1.61. The second-order valence-electron chi connectivity index (χ2n) is 6.65. The Kier molecular flexibility index (Phi) is 6.55. The lowest BCUT2D eigenvalue weighted by molar-refractivity contribution is -0.310. The minimum absolute atomic E-state index is 0.0214. The second-order valence-corrected chi connectivity index (χ2v) is 6.65. The summed E-state index contributed by atoms with van der Waals surface area (Å²) in [5.74, 6) is -1.32. The minimum atomic E-state index is -1.62. The van der Waals surface area contributed by atoms with E-state index in [-0.39, 0.29) is 30.1 Å². The lowest BCUT2D eigenvalue weighted by atomic mass is 9.99. The molecule has 0 bridgehead atoms. The molecule has 0 aliphatic carbocycles. The van der Waals surface area contributed by atoms with Gasteiger partial charge in [0.25, 0.3) is 0 Å². The molecule has 2 fully saturated rings. The molecule has 2 heterocycles. The largest absolute Gasteiger partial charge is 0.504 e. The highest BCUT2D eigenvalue weighted by molar-refractivity contribution is 5.90. The predicted octanol–water partition coefficient (Wildman–Crippen LogP) is -1.30. The standard InChI is InChI=1S/C18H22O11/c1-25-11-4-8(2-3-10(11)19)17(24)27-7-12-14(21)15(22)16(23)18(29-12)28-9-5-13(20)26-6-9/h2-4,9,12,14-16,18-19,21-23H,5-7H2,1H3. The van der Waals surface area contributed by atoms with Gasteiger partial charge in [-0.25, -0.2) is 4.79 Å². The van der Waals surface area contributed by atoms with Gasteiger partial charge in [0, 0.05) is 0 Å². The van der Waals surface area contributed by atoms with Crippen LogP contribution in [0.3, 0.4) is 0 Å². The van der Waals surface area contributed by atoms with Crippen LogP contribution in [0.25, 0.3) is 0 Å². The minimum Gasteiger partial charge on any atom is -0.504 e. The van der Waals surface area contributed by atoms with Gasteiger partial charge in [-0.2, -0.15) is 0 Å². The number of cyclic esters (lactones) is 1. The van der Waals surface area contributed by atoms with E-state index in [9.17, 15) is 30.0 Å². The van der Waals surface area contributed by atoms with Gasteiger partial charge >= 0.3 is 11.9 Å². The molecule has 2 saturated heterocycles. The number of carbonyl (C=O) groups excluding carboxylic acids is 2. The number of esters is 2. The summed E-state index contributed by atoms with van der Waals surface area (Å²) in [6, 6.07) is 3.85. The molecule has 11 heteroatoms. The molecule has 29 heavy (non-hydrogen) atoms. The van der Waals surface area contributed by atoms with Crippen molar-refractivity contribution in [3.63, 3.8) is 0 Å². The molecule has 11 nitrogen and oxygen atoms in total. The zero-order chi connectivity index (χ0) is 21.1. The van der Waals surface area contributed by atoms with Crippen molar-refractivity contribution in [2.45, 2.75) is 43.2 Å².